The SMILES string of the molecule is Cc1nc(C2CC(n3cc(-c4cc(F)c(F)c(F)c4)nn3)C(O)C(CO)O2)n(-c2cc(Cl)cc(Cl)c2)n1. The minimum atomic E-state index is -1.59. The number of ether oxygens (including phenoxy) is 1. The van der Waals surface area contributed by atoms with Crippen LogP contribution in [0, 0.1) is 24.4 Å². The summed E-state index contributed by atoms with van der Waals surface area (Å²) in [5.74, 6) is -3.53. The summed E-state index contributed by atoms with van der Waals surface area (Å²) < 4.78 is 49.6. The van der Waals surface area contributed by atoms with E-state index in [2.05, 4.69) is 20.4 Å². The first kappa shape index (κ1) is 25.6. The van der Waals surface area contributed by atoms with Gasteiger partial charge in [-0.15, -0.1) is 5.10 Å². The molecule has 1 saturated heterocycles. The third-order valence-corrected chi connectivity index (χ3v) is 6.43. The lowest BCUT2D eigenvalue weighted by Gasteiger charge is -2.38. The predicted octanol–water partition coefficient (Wildman–Crippen LogP) is 3.98. The van der Waals surface area contributed by atoms with E-state index in [-0.39, 0.29) is 17.7 Å². The minimum Gasteiger partial charge on any atom is -0.394 e. The summed E-state index contributed by atoms with van der Waals surface area (Å²) in [5.41, 5.74) is 0.553. The monoisotopic (exact) mass is 554 g/mol. The van der Waals surface area contributed by atoms with Gasteiger partial charge in [-0.2, -0.15) is 5.10 Å². The molecule has 4 aromatic rings. The highest BCUT2D eigenvalue weighted by Gasteiger charge is 2.41. The lowest BCUT2D eigenvalue weighted by atomic mass is 9.95. The van der Waals surface area contributed by atoms with Crippen molar-refractivity contribution in [1.29, 1.82) is 0 Å². The second-order valence-electron chi connectivity index (χ2n) is 8.53. The molecule has 1 fully saturated rings. The van der Waals surface area contributed by atoms with Gasteiger partial charge in [0.1, 0.15) is 29.8 Å². The van der Waals surface area contributed by atoms with Crippen molar-refractivity contribution in [3.63, 3.8) is 0 Å². The molecule has 1 aliphatic heterocycles. The Bertz CT molecular complexity index is 1420. The van der Waals surface area contributed by atoms with E-state index in [1.807, 2.05) is 0 Å². The summed E-state index contributed by atoms with van der Waals surface area (Å²) in [7, 11) is 0. The highest BCUT2D eigenvalue weighted by atomic mass is 35.5. The largest absolute Gasteiger partial charge is 0.394 e. The number of hydrogen-bond acceptors (Lipinski definition) is 7. The Morgan fingerprint density at radius 2 is 1.76 bits per heavy atom. The smallest absolute Gasteiger partial charge is 0.194 e. The molecule has 3 heterocycles. The quantitative estimate of drug-likeness (QED) is 0.359. The van der Waals surface area contributed by atoms with Gasteiger partial charge in [-0.05, 0) is 37.3 Å². The molecule has 37 heavy (non-hydrogen) atoms. The van der Waals surface area contributed by atoms with Gasteiger partial charge in [0, 0.05) is 22.0 Å². The summed E-state index contributed by atoms with van der Waals surface area (Å²) in [6.45, 7) is 1.18. The number of rotatable bonds is 5. The minimum absolute atomic E-state index is 0.0346. The first-order valence-electron chi connectivity index (χ1n) is 11.1. The van der Waals surface area contributed by atoms with E-state index in [0.29, 0.717) is 27.4 Å². The Morgan fingerprint density at radius 1 is 1.08 bits per heavy atom. The van der Waals surface area contributed by atoms with Crippen molar-refractivity contribution in [2.75, 3.05) is 6.61 Å². The van der Waals surface area contributed by atoms with E-state index < -0.39 is 48.4 Å². The third-order valence-electron chi connectivity index (χ3n) is 6.00. The summed E-state index contributed by atoms with van der Waals surface area (Å²) in [6.07, 6.45) is -1.51. The molecule has 14 heteroatoms. The maximum Gasteiger partial charge on any atom is 0.194 e. The summed E-state index contributed by atoms with van der Waals surface area (Å²) in [6, 6.07) is 5.69. The van der Waals surface area contributed by atoms with Crippen LogP contribution in [0.5, 0.6) is 0 Å². The summed E-state index contributed by atoms with van der Waals surface area (Å²) >= 11 is 12.3. The summed E-state index contributed by atoms with van der Waals surface area (Å²) in [4.78, 5) is 4.49. The lowest BCUT2D eigenvalue weighted by Crippen LogP contribution is -2.45. The number of nitrogens with zero attached hydrogens (tertiary/aromatic N) is 6. The number of benzene rings is 2. The van der Waals surface area contributed by atoms with Crippen LogP contribution in [0.15, 0.2) is 36.5 Å². The van der Waals surface area contributed by atoms with Gasteiger partial charge in [0.15, 0.2) is 23.3 Å². The van der Waals surface area contributed by atoms with E-state index in [4.69, 9.17) is 27.9 Å². The zero-order valence-corrected chi connectivity index (χ0v) is 20.6. The highest BCUT2D eigenvalue weighted by Crippen LogP contribution is 2.38. The van der Waals surface area contributed by atoms with E-state index in [9.17, 15) is 23.4 Å². The Kier molecular flexibility index (Phi) is 6.94. The first-order chi connectivity index (χ1) is 17.6. The Balaban J connectivity index is 1.50. The van der Waals surface area contributed by atoms with Crippen LogP contribution in [0.3, 0.4) is 0 Å². The van der Waals surface area contributed by atoms with Gasteiger partial charge in [-0.25, -0.2) is 27.5 Å². The number of aryl methyl sites for hydroxylation is 1. The molecule has 0 aliphatic carbocycles. The second kappa shape index (κ2) is 10.0. The van der Waals surface area contributed by atoms with Gasteiger partial charge < -0.3 is 14.9 Å². The molecule has 2 aromatic heterocycles. The molecular formula is C23H19Cl2F3N6O3. The normalized spacial score (nSPS) is 21.9. The van der Waals surface area contributed by atoms with Gasteiger partial charge in [0.05, 0.1) is 24.5 Å². The molecule has 0 spiro atoms. The predicted molar refractivity (Wildman–Crippen MR) is 126 cm³/mol. The molecule has 0 saturated carbocycles. The van der Waals surface area contributed by atoms with Gasteiger partial charge >= 0.3 is 0 Å². The first-order valence-corrected chi connectivity index (χ1v) is 11.8. The van der Waals surface area contributed by atoms with Crippen molar-refractivity contribution in [1.82, 2.24) is 29.8 Å². The standard InChI is InChI=1S/C23H19Cl2F3N6O3/c1-10-29-23(34(31-10)14-5-12(24)4-13(25)6-14)19-7-18(22(36)20(9-35)37-19)33-8-17(30-32-33)11-2-15(26)21(28)16(27)3-11/h2-6,8,18-20,22,35-36H,7,9H2,1H3. The van der Waals surface area contributed by atoms with Gasteiger partial charge in [0.2, 0.25) is 0 Å². The van der Waals surface area contributed by atoms with Crippen molar-refractivity contribution in [2.24, 2.45) is 0 Å². The number of halogens is 5. The van der Waals surface area contributed by atoms with Crippen LogP contribution in [0.1, 0.15) is 30.2 Å². The molecule has 4 unspecified atom stereocenters. The van der Waals surface area contributed by atoms with Gasteiger partial charge in [0.25, 0.3) is 0 Å². The third kappa shape index (κ3) is 4.94. The fraction of sp³-hybridized carbons (Fsp3) is 0.304. The van der Waals surface area contributed by atoms with E-state index in [0.717, 1.165) is 12.1 Å². The van der Waals surface area contributed by atoms with Crippen LogP contribution in [0.2, 0.25) is 10.0 Å². The Hall–Kier alpha value is -3.03. The number of aromatic nitrogens is 6. The van der Waals surface area contributed by atoms with Crippen molar-refractivity contribution < 1.29 is 28.1 Å². The Morgan fingerprint density at radius 3 is 2.41 bits per heavy atom. The zero-order chi connectivity index (χ0) is 26.4. The fourth-order valence-corrected chi connectivity index (χ4v) is 4.82. The van der Waals surface area contributed by atoms with Crippen molar-refractivity contribution in [3.8, 4) is 16.9 Å². The number of aliphatic hydroxyl groups excluding tert-OH is 2. The second-order valence-corrected chi connectivity index (χ2v) is 9.41. The van der Waals surface area contributed by atoms with Crippen LogP contribution >= 0.6 is 23.2 Å². The van der Waals surface area contributed by atoms with Gasteiger partial charge in [-0.1, -0.05) is 28.4 Å². The van der Waals surface area contributed by atoms with Crippen LogP contribution in [0.25, 0.3) is 16.9 Å². The highest BCUT2D eigenvalue weighted by molar-refractivity contribution is 6.34. The fourth-order valence-electron chi connectivity index (χ4n) is 4.30. The number of hydrogen-bond donors (Lipinski definition) is 2. The van der Waals surface area contributed by atoms with Crippen molar-refractivity contribution in [3.05, 3.63) is 75.7 Å². The van der Waals surface area contributed by atoms with Crippen molar-refractivity contribution >= 4 is 23.2 Å². The topological polar surface area (TPSA) is 111 Å². The molecule has 1 aliphatic rings. The molecule has 0 bridgehead atoms. The van der Waals surface area contributed by atoms with E-state index in [1.165, 1.54) is 15.6 Å². The van der Waals surface area contributed by atoms with E-state index >= 15 is 0 Å². The van der Waals surface area contributed by atoms with Crippen LogP contribution < -0.4 is 0 Å². The van der Waals surface area contributed by atoms with Gasteiger partial charge in [-0.3, -0.25) is 0 Å². The van der Waals surface area contributed by atoms with Crippen molar-refractivity contribution in [2.45, 2.75) is 37.7 Å². The molecule has 194 valence electrons. The molecule has 2 aromatic carbocycles. The Labute approximate surface area is 218 Å². The average molecular weight is 555 g/mol. The maximum absolute atomic E-state index is 13.7. The molecular weight excluding hydrogens is 536 g/mol. The molecule has 0 radical (unpaired) electrons. The molecule has 5 rings (SSSR count). The van der Waals surface area contributed by atoms with Crippen LogP contribution in [-0.2, 0) is 4.74 Å². The molecule has 0 amide bonds. The lowest BCUT2D eigenvalue weighted by molar-refractivity contribution is -0.161. The number of aliphatic hydroxyl groups is 2. The molecule has 9 nitrogen and oxygen atoms in total. The maximum atomic E-state index is 13.7. The van der Waals surface area contributed by atoms with Crippen LogP contribution in [0.4, 0.5) is 13.2 Å². The van der Waals surface area contributed by atoms with Crippen LogP contribution in [-0.4, -0.2) is 58.8 Å². The average Bonchev–Trinajstić information content (AvgIpc) is 3.49. The molecule has 2 N–H and O–H groups in total. The summed E-state index contributed by atoms with van der Waals surface area (Å²) in [5, 5.41) is 33.9. The van der Waals surface area contributed by atoms with E-state index in [1.54, 1.807) is 25.1 Å². The molecule has 4 atom stereocenters. The zero-order valence-electron chi connectivity index (χ0n) is 19.1.